The first-order valence-corrected chi connectivity index (χ1v) is 11.4. The Morgan fingerprint density at radius 3 is 2.77 bits per heavy atom. The maximum atomic E-state index is 6.11. The second kappa shape index (κ2) is 12.0. The van der Waals surface area contributed by atoms with Crippen molar-refractivity contribution in [2.45, 2.75) is 19.6 Å². The number of aromatic nitrogens is 1. The molecule has 2 aliphatic rings. The van der Waals surface area contributed by atoms with Crippen molar-refractivity contribution >= 4 is 0 Å². The number of nitrogens with zero attached hydrogens (tertiary/aromatic N) is 2. The molecular formula is C24H34N4O3. The predicted octanol–water partition coefficient (Wildman–Crippen LogP) is 2.07. The number of rotatable bonds is 11. The van der Waals surface area contributed by atoms with Gasteiger partial charge in [-0.3, -0.25) is 9.88 Å². The lowest BCUT2D eigenvalue weighted by atomic mass is 10.1. The lowest BCUT2D eigenvalue weighted by Gasteiger charge is -2.26. The lowest BCUT2D eigenvalue weighted by Crippen LogP contribution is -2.38. The number of benzene rings is 1. The molecule has 1 unspecified atom stereocenters. The Balaban J connectivity index is 1.34. The maximum Gasteiger partial charge on any atom is 0.123 e. The van der Waals surface area contributed by atoms with E-state index in [2.05, 4.69) is 32.7 Å². The van der Waals surface area contributed by atoms with Gasteiger partial charge in [-0.15, -0.1) is 0 Å². The van der Waals surface area contributed by atoms with Crippen LogP contribution in [0, 0.1) is 5.92 Å². The molecule has 2 N–H and O–H groups in total. The molecule has 0 amide bonds. The highest BCUT2D eigenvalue weighted by Gasteiger charge is 2.14. The van der Waals surface area contributed by atoms with Crippen LogP contribution in [0.4, 0.5) is 0 Å². The van der Waals surface area contributed by atoms with Crippen molar-refractivity contribution in [2.75, 3.05) is 59.1 Å². The molecule has 168 valence electrons. The van der Waals surface area contributed by atoms with E-state index in [-0.39, 0.29) is 0 Å². The van der Waals surface area contributed by atoms with Crippen LogP contribution in [0.3, 0.4) is 0 Å². The summed E-state index contributed by atoms with van der Waals surface area (Å²) in [6, 6.07) is 10.2. The Kier molecular flexibility index (Phi) is 8.53. The number of morpholine rings is 1. The predicted molar refractivity (Wildman–Crippen MR) is 120 cm³/mol. The molecule has 2 fully saturated rings. The molecule has 2 saturated heterocycles. The summed E-state index contributed by atoms with van der Waals surface area (Å²) >= 11 is 0. The van der Waals surface area contributed by atoms with Gasteiger partial charge in [-0.1, -0.05) is 6.07 Å². The maximum absolute atomic E-state index is 6.11. The van der Waals surface area contributed by atoms with Crippen LogP contribution in [0.25, 0.3) is 0 Å². The van der Waals surface area contributed by atoms with Crippen LogP contribution >= 0.6 is 0 Å². The third-order valence-electron chi connectivity index (χ3n) is 5.77. The van der Waals surface area contributed by atoms with Crippen LogP contribution in [-0.4, -0.2) is 69.0 Å². The molecule has 0 bridgehead atoms. The Bertz CT molecular complexity index is 778. The first kappa shape index (κ1) is 22.0. The van der Waals surface area contributed by atoms with Crippen molar-refractivity contribution in [1.82, 2.24) is 20.5 Å². The molecule has 0 spiro atoms. The van der Waals surface area contributed by atoms with Crippen molar-refractivity contribution in [3.63, 3.8) is 0 Å². The standard InChI is InChI=1S/C24H34N4O3/c1-2-21(17-25-4-1)19-31-24-13-22(18-27-16-20-3-5-26-15-20)12-23(14-24)30-11-8-28-6-9-29-10-7-28/h1-2,4,12-14,17,20,26-27H,3,5-11,15-16,18-19H2. The monoisotopic (exact) mass is 426 g/mol. The molecule has 1 atom stereocenters. The normalized spacial score (nSPS) is 19.4. The fourth-order valence-electron chi connectivity index (χ4n) is 3.98. The number of nitrogens with one attached hydrogen (secondary N) is 2. The van der Waals surface area contributed by atoms with E-state index in [1.807, 2.05) is 24.4 Å². The van der Waals surface area contributed by atoms with Gasteiger partial charge in [-0.25, -0.2) is 0 Å². The van der Waals surface area contributed by atoms with E-state index >= 15 is 0 Å². The van der Waals surface area contributed by atoms with Crippen molar-refractivity contribution in [3.8, 4) is 11.5 Å². The molecule has 0 radical (unpaired) electrons. The molecule has 2 aromatic rings. The summed E-state index contributed by atoms with van der Waals surface area (Å²) < 4.78 is 17.6. The summed E-state index contributed by atoms with van der Waals surface area (Å²) in [5, 5.41) is 7.02. The third-order valence-corrected chi connectivity index (χ3v) is 5.77. The van der Waals surface area contributed by atoms with Gasteiger partial charge in [0.2, 0.25) is 0 Å². The van der Waals surface area contributed by atoms with E-state index in [9.17, 15) is 0 Å². The number of ether oxygens (including phenoxy) is 3. The van der Waals surface area contributed by atoms with E-state index < -0.39 is 0 Å². The van der Waals surface area contributed by atoms with Crippen molar-refractivity contribution in [2.24, 2.45) is 5.92 Å². The van der Waals surface area contributed by atoms with E-state index in [0.29, 0.717) is 19.1 Å². The fraction of sp³-hybridized carbons (Fsp3) is 0.542. The van der Waals surface area contributed by atoms with Gasteiger partial charge in [0.25, 0.3) is 0 Å². The molecule has 31 heavy (non-hydrogen) atoms. The SMILES string of the molecule is c1cncc(COc2cc(CNCC3CCNC3)cc(OCCN3CCOCC3)c2)c1. The van der Waals surface area contributed by atoms with Crippen LogP contribution in [-0.2, 0) is 17.9 Å². The van der Waals surface area contributed by atoms with Crippen molar-refractivity contribution in [3.05, 3.63) is 53.9 Å². The van der Waals surface area contributed by atoms with Gasteiger partial charge in [0.15, 0.2) is 0 Å². The van der Waals surface area contributed by atoms with E-state index in [0.717, 1.165) is 76.1 Å². The summed E-state index contributed by atoms with van der Waals surface area (Å²) in [6.07, 6.45) is 4.86. The Morgan fingerprint density at radius 2 is 2.00 bits per heavy atom. The second-order valence-electron chi connectivity index (χ2n) is 8.25. The van der Waals surface area contributed by atoms with E-state index in [4.69, 9.17) is 14.2 Å². The van der Waals surface area contributed by atoms with Gasteiger partial charge >= 0.3 is 0 Å². The second-order valence-corrected chi connectivity index (χ2v) is 8.25. The number of hydrogen-bond acceptors (Lipinski definition) is 7. The number of pyridine rings is 1. The fourth-order valence-corrected chi connectivity index (χ4v) is 3.98. The zero-order chi connectivity index (χ0) is 21.1. The highest BCUT2D eigenvalue weighted by molar-refractivity contribution is 5.38. The highest BCUT2D eigenvalue weighted by Crippen LogP contribution is 2.24. The summed E-state index contributed by atoms with van der Waals surface area (Å²) in [5.41, 5.74) is 2.23. The molecule has 4 rings (SSSR count). The summed E-state index contributed by atoms with van der Waals surface area (Å²) in [7, 11) is 0. The minimum absolute atomic E-state index is 0.492. The average Bonchev–Trinajstić information content (AvgIpc) is 3.33. The Labute approximate surface area is 185 Å². The third kappa shape index (κ3) is 7.47. The first-order valence-electron chi connectivity index (χ1n) is 11.4. The first-order chi connectivity index (χ1) is 15.3. The Morgan fingerprint density at radius 1 is 1.13 bits per heavy atom. The molecular weight excluding hydrogens is 392 g/mol. The van der Waals surface area contributed by atoms with Crippen molar-refractivity contribution in [1.29, 1.82) is 0 Å². The lowest BCUT2D eigenvalue weighted by molar-refractivity contribution is 0.0322. The van der Waals surface area contributed by atoms with Gasteiger partial charge in [0.05, 0.1) is 13.2 Å². The smallest absolute Gasteiger partial charge is 0.123 e. The summed E-state index contributed by atoms with van der Waals surface area (Å²) in [6.45, 7) is 9.70. The van der Waals surface area contributed by atoms with Gasteiger partial charge in [-0.05, 0) is 55.7 Å². The van der Waals surface area contributed by atoms with Gasteiger partial charge in [-0.2, -0.15) is 0 Å². The quantitative estimate of drug-likeness (QED) is 0.570. The summed E-state index contributed by atoms with van der Waals surface area (Å²) in [5.74, 6) is 2.40. The van der Waals surface area contributed by atoms with Crippen LogP contribution in [0.1, 0.15) is 17.5 Å². The largest absolute Gasteiger partial charge is 0.492 e. The van der Waals surface area contributed by atoms with Gasteiger partial charge in [0, 0.05) is 50.2 Å². The molecule has 3 heterocycles. The molecule has 7 nitrogen and oxygen atoms in total. The van der Waals surface area contributed by atoms with Crippen LogP contribution in [0.2, 0.25) is 0 Å². The average molecular weight is 427 g/mol. The summed E-state index contributed by atoms with van der Waals surface area (Å²) in [4.78, 5) is 6.54. The molecule has 0 saturated carbocycles. The van der Waals surface area contributed by atoms with Gasteiger partial charge in [0.1, 0.15) is 24.7 Å². The molecule has 0 aliphatic carbocycles. The molecule has 2 aliphatic heterocycles. The minimum Gasteiger partial charge on any atom is -0.492 e. The van der Waals surface area contributed by atoms with Gasteiger partial charge < -0.3 is 24.8 Å². The molecule has 1 aromatic carbocycles. The van der Waals surface area contributed by atoms with E-state index in [1.165, 1.54) is 12.0 Å². The van der Waals surface area contributed by atoms with E-state index in [1.54, 1.807) is 6.20 Å². The zero-order valence-electron chi connectivity index (χ0n) is 18.2. The minimum atomic E-state index is 0.492. The van der Waals surface area contributed by atoms with Crippen LogP contribution in [0.5, 0.6) is 11.5 Å². The molecule has 1 aromatic heterocycles. The van der Waals surface area contributed by atoms with Crippen LogP contribution in [0.15, 0.2) is 42.7 Å². The van der Waals surface area contributed by atoms with Crippen LogP contribution < -0.4 is 20.1 Å². The highest BCUT2D eigenvalue weighted by atomic mass is 16.5. The van der Waals surface area contributed by atoms with Crippen molar-refractivity contribution < 1.29 is 14.2 Å². The number of hydrogen-bond donors (Lipinski definition) is 2. The Hall–Kier alpha value is -2.19. The topological polar surface area (TPSA) is 67.9 Å². The molecule has 7 heteroatoms. The zero-order valence-corrected chi connectivity index (χ0v) is 18.2.